The summed E-state index contributed by atoms with van der Waals surface area (Å²) in [6.07, 6.45) is 11.4. The first-order valence-corrected chi connectivity index (χ1v) is 26.5. The summed E-state index contributed by atoms with van der Waals surface area (Å²) in [4.78, 5) is 47.2. The maximum atomic E-state index is 15.0. The van der Waals surface area contributed by atoms with Crippen molar-refractivity contribution in [2.24, 2.45) is 0 Å². The zero-order valence-corrected chi connectivity index (χ0v) is 42.8. The highest BCUT2D eigenvalue weighted by atomic mass is 32.2. The number of aryl methyl sites for hydroxylation is 4. The van der Waals surface area contributed by atoms with Crippen LogP contribution in [0.5, 0.6) is 34.5 Å². The molecular formula is C59H63FN2O8S2. The summed E-state index contributed by atoms with van der Waals surface area (Å²) < 4.78 is 38.4. The highest BCUT2D eigenvalue weighted by Gasteiger charge is 2.50. The van der Waals surface area contributed by atoms with Gasteiger partial charge in [0.05, 0.1) is 13.2 Å². The lowest BCUT2D eigenvalue weighted by molar-refractivity contribution is -0.126. The largest absolute Gasteiger partial charge is 0.493 e. The molecule has 2 N–H and O–H groups in total. The summed E-state index contributed by atoms with van der Waals surface area (Å²) in [5.41, 5.74) is 5.51. The van der Waals surface area contributed by atoms with E-state index in [1.54, 1.807) is 18.2 Å². The Balaban J connectivity index is 0.000000211. The van der Waals surface area contributed by atoms with E-state index < -0.39 is 20.9 Å². The molecule has 2 aliphatic heterocycles. The average Bonchev–Trinajstić information content (AvgIpc) is 3.82. The minimum absolute atomic E-state index is 0.208. The molecule has 6 aromatic rings. The van der Waals surface area contributed by atoms with Gasteiger partial charge in [0.25, 0.3) is 21.4 Å². The number of benzene rings is 6. The number of hydrogen-bond acceptors (Lipinski definition) is 10. The number of amides is 4. The normalized spacial score (nSPS) is 17.2. The number of thioether (sulfide) groups is 2. The van der Waals surface area contributed by atoms with Crippen LogP contribution >= 0.6 is 23.5 Å². The molecule has 2 aliphatic rings. The van der Waals surface area contributed by atoms with E-state index in [1.165, 1.54) is 11.1 Å². The Morgan fingerprint density at radius 2 is 0.944 bits per heavy atom. The van der Waals surface area contributed by atoms with Crippen molar-refractivity contribution in [2.45, 2.75) is 108 Å². The molecule has 2 fully saturated rings. The molecule has 376 valence electrons. The monoisotopic (exact) mass is 1010 g/mol. The molecule has 0 aromatic heterocycles. The minimum Gasteiger partial charge on any atom is -0.493 e. The molecule has 0 saturated carbocycles. The lowest BCUT2D eigenvalue weighted by atomic mass is 9.95. The number of carbonyl (C=O) groups is 4. The summed E-state index contributed by atoms with van der Waals surface area (Å²) in [5, 5.41) is 1.12. The van der Waals surface area contributed by atoms with Gasteiger partial charge in [0.1, 0.15) is 39.2 Å². The second kappa shape index (κ2) is 26.2. The van der Waals surface area contributed by atoms with Gasteiger partial charge in [-0.3, -0.25) is 29.8 Å². The Morgan fingerprint density at radius 1 is 0.472 bits per heavy atom. The molecule has 10 nitrogen and oxygen atoms in total. The molecule has 8 rings (SSSR count). The van der Waals surface area contributed by atoms with Crippen LogP contribution < -0.4 is 29.6 Å². The van der Waals surface area contributed by atoms with Crippen molar-refractivity contribution < 1.29 is 42.5 Å². The standard InChI is InChI=1S/C30H33NO4S.C29H30FNO4S/c1-3-11-23-21-26(35-25-15-7-4-8-16-25)17-18-27(23)34-19-9-5-6-12-22-13-10-14-24(20-22)30(2)28(32)31-29(33)36-30;1-2-10-22-20-25(35-24-14-6-3-7-15-24)16-17-26(22)34-18-8-4-5-11-21-12-9-13-23(19-21)29(30)27(32)31-28(33)36-29/h4,7-8,10,13-18,20-21H,3,5-6,9,11-12,19H2,1-2H3,(H,31,32,33);3,6-7,9,12-17,19-20H,2,4-5,8,10-11,18H2,1H3,(H,31,32,33). The number of alkyl halides is 1. The first kappa shape index (κ1) is 53.2. The summed E-state index contributed by atoms with van der Waals surface area (Å²) in [7, 11) is 0. The summed E-state index contributed by atoms with van der Waals surface area (Å²) >= 11 is 1.44. The topological polar surface area (TPSA) is 129 Å². The van der Waals surface area contributed by atoms with E-state index >= 15 is 4.39 Å². The molecule has 0 aliphatic carbocycles. The first-order valence-electron chi connectivity index (χ1n) is 24.9. The minimum atomic E-state index is -2.35. The van der Waals surface area contributed by atoms with E-state index in [9.17, 15) is 19.2 Å². The highest BCUT2D eigenvalue weighted by molar-refractivity contribution is 8.15. The summed E-state index contributed by atoms with van der Waals surface area (Å²) in [6, 6.07) is 46.4. The van der Waals surface area contributed by atoms with Gasteiger partial charge in [-0.2, -0.15) is 0 Å². The van der Waals surface area contributed by atoms with Crippen LogP contribution in [0.4, 0.5) is 14.0 Å². The van der Waals surface area contributed by atoms with Gasteiger partial charge in [-0.1, -0.05) is 112 Å². The maximum Gasteiger partial charge on any atom is 0.289 e. The summed E-state index contributed by atoms with van der Waals surface area (Å²) in [6.45, 7) is 7.40. The van der Waals surface area contributed by atoms with E-state index in [0.717, 1.165) is 140 Å². The number of rotatable bonds is 24. The fraction of sp³-hybridized carbons (Fsp3) is 0.322. The Kier molecular flexibility index (Phi) is 19.4. The molecule has 0 radical (unpaired) electrons. The number of unbranched alkanes of at least 4 members (excludes halogenated alkanes) is 4. The predicted octanol–water partition coefficient (Wildman–Crippen LogP) is 14.7. The van der Waals surface area contributed by atoms with Gasteiger partial charge >= 0.3 is 0 Å². The molecular weight excluding hydrogens is 948 g/mol. The number of carbonyl (C=O) groups excluding carboxylic acids is 4. The van der Waals surface area contributed by atoms with E-state index in [4.69, 9.17) is 18.9 Å². The van der Waals surface area contributed by atoms with Crippen molar-refractivity contribution in [1.82, 2.24) is 10.6 Å². The molecule has 13 heteroatoms. The van der Waals surface area contributed by atoms with Gasteiger partial charge in [0.2, 0.25) is 5.91 Å². The molecule has 6 aromatic carbocycles. The third-order valence-electron chi connectivity index (χ3n) is 12.3. The van der Waals surface area contributed by atoms with E-state index in [2.05, 4.69) is 37.4 Å². The van der Waals surface area contributed by atoms with Crippen LogP contribution in [-0.4, -0.2) is 35.5 Å². The van der Waals surface area contributed by atoms with Crippen molar-refractivity contribution >= 4 is 45.8 Å². The molecule has 0 spiro atoms. The van der Waals surface area contributed by atoms with Crippen molar-refractivity contribution in [3.8, 4) is 34.5 Å². The van der Waals surface area contributed by atoms with Crippen LogP contribution in [0.15, 0.2) is 146 Å². The molecule has 2 atom stereocenters. The number of ether oxygens (including phenoxy) is 4. The van der Waals surface area contributed by atoms with Gasteiger partial charge < -0.3 is 18.9 Å². The lowest BCUT2D eigenvalue weighted by Gasteiger charge is -2.19. The fourth-order valence-corrected chi connectivity index (χ4v) is 10.1. The number of imide groups is 2. The number of para-hydroxylation sites is 2. The quantitative estimate of drug-likeness (QED) is 0.0565. The van der Waals surface area contributed by atoms with Crippen LogP contribution in [0.25, 0.3) is 0 Å². The second-order valence-electron chi connectivity index (χ2n) is 17.9. The zero-order chi connectivity index (χ0) is 50.8. The van der Waals surface area contributed by atoms with E-state index in [0.29, 0.717) is 25.0 Å². The maximum absolute atomic E-state index is 15.0. The molecule has 2 unspecified atom stereocenters. The average molecular weight is 1010 g/mol. The molecule has 2 heterocycles. The first-order chi connectivity index (χ1) is 34.9. The van der Waals surface area contributed by atoms with Crippen molar-refractivity contribution in [1.29, 1.82) is 0 Å². The summed E-state index contributed by atoms with van der Waals surface area (Å²) in [5.74, 6) is 3.92. The van der Waals surface area contributed by atoms with Crippen LogP contribution in [0.1, 0.15) is 106 Å². The van der Waals surface area contributed by atoms with Crippen molar-refractivity contribution in [3.63, 3.8) is 0 Å². The third-order valence-corrected chi connectivity index (χ3v) is 14.4. The van der Waals surface area contributed by atoms with Gasteiger partial charge in [0, 0.05) is 5.56 Å². The predicted molar refractivity (Wildman–Crippen MR) is 285 cm³/mol. The van der Waals surface area contributed by atoms with Crippen LogP contribution in [-0.2, 0) is 45.0 Å². The zero-order valence-electron chi connectivity index (χ0n) is 41.2. The highest BCUT2D eigenvalue weighted by Crippen LogP contribution is 2.44. The molecule has 0 bridgehead atoms. The van der Waals surface area contributed by atoms with Gasteiger partial charge in [-0.15, -0.1) is 0 Å². The van der Waals surface area contributed by atoms with Crippen LogP contribution in [0, 0.1) is 0 Å². The second-order valence-corrected chi connectivity index (χ2v) is 20.4. The third kappa shape index (κ3) is 14.8. The van der Waals surface area contributed by atoms with Gasteiger partial charge in [-0.05, 0) is 183 Å². The molecule has 4 amide bonds. The molecule has 72 heavy (non-hydrogen) atoms. The number of halogens is 1. The Morgan fingerprint density at radius 3 is 1.40 bits per heavy atom. The van der Waals surface area contributed by atoms with Gasteiger partial charge in [-0.25, -0.2) is 4.39 Å². The van der Waals surface area contributed by atoms with Crippen molar-refractivity contribution in [2.75, 3.05) is 13.2 Å². The fourth-order valence-electron chi connectivity index (χ4n) is 8.45. The Bertz CT molecular complexity index is 2590. The molecule has 2 saturated heterocycles. The number of nitrogens with one attached hydrogen (secondary N) is 2. The van der Waals surface area contributed by atoms with Gasteiger partial charge in [0.15, 0.2) is 0 Å². The lowest BCUT2D eigenvalue weighted by Crippen LogP contribution is -2.31. The van der Waals surface area contributed by atoms with Crippen molar-refractivity contribution in [3.05, 3.63) is 179 Å². The van der Waals surface area contributed by atoms with Crippen LogP contribution in [0.2, 0.25) is 0 Å². The number of hydrogen-bond donors (Lipinski definition) is 2. The van der Waals surface area contributed by atoms with E-state index in [-0.39, 0.29) is 16.7 Å². The Labute approximate surface area is 431 Å². The Hall–Kier alpha value is -6.57. The van der Waals surface area contributed by atoms with Crippen LogP contribution in [0.3, 0.4) is 0 Å². The SMILES string of the molecule is CCCc1cc(Oc2ccccc2)ccc1OCCCCCc1cccc(C2(C)SC(=O)NC2=O)c1.CCCc1cc(Oc2ccccc2)ccc1OCCCCCc1cccc(C2(F)SC(=O)NC2=O)c1. The smallest absolute Gasteiger partial charge is 0.289 e. The van der Waals surface area contributed by atoms with E-state index in [1.807, 2.05) is 121 Å².